The van der Waals surface area contributed by atoms with Crippen LogP contribution in [0, 0.1) is 18.8 Å². The molecule has 0 aliphatic heterocycles. The Kier molecular flexibility index (Phi) is 12.2. The van der Waals surface area contributed by atoms with Crippen LogP contribution < -0.4 is 15.4 Å². The Balaban J connectivity index is 2.60. The van der Waals surface area contributed by atoms with Crippen molar-refractivity contribution >= 4 is 23.6 Å². The first-order valence-electron chi connectivity index (χ1n) is 14.5. The first kappa shape index (κ1) is 33.7. The Labute approximate surface area is 246 Å². The number of anilines is 1. The zero-order valence-corrected chi connectivity index (χ0v) is 26.4. The molecule has 0 saturated heterocycles. The number of benzene rings is 2. The van der Waals surface area contributed by atoms with Crippen LogP contribution in [-0.2, 0) is 14.3 Å². The van der Waals surface area contributed by atoms with Crippen molar-refractivity contribution < 1.29 is 23.9 Å². The Morgan fingerprint density at radius 2 is 1.56 bits per heavy atom. The zero-order valence-electron chi connectivity index (χ0n) is 26.4. The van der Waals surface area contributed by atoms with Crippen molar-refractivity contribution in [2.75, 3.05) is 12.4 Å². The number of ether oxygens (including phenoxy) is 2. The number of rotatable bonds is 12. The van der Waals surface area contributed by atoms with Crippen LogP contribution in [0.2, 0.25) is 0 Å². The fourth-order valence-electron chi connectivity index (χ4n) is 4.58. The average Bonchev–Trinajstić information content (AvgIpc) is 2.87. The van der Waals surface area contributed by atoms with Crippen LogP contribution in [0.25, 0.3) is 0 Å². The van der Waals surface area contributed by atoms with Crippen molar-refractivity contribution in [3.8, 4) is 5.75 Å². The molecule has 0 aliphatic carbocycles. The molecule has 8 nitrogen and oxygen atoms in total. The van der Waals surface area contributed by atoms with Gasteiger partial charge in [0, 0.05) is 11.7 Å². The zero-order chi connectivity index (χ0) is 30.9. The largest absolute Gasteiger partial charge is 0.497 e. The summed E-state index contributed by atoms with van der Waals surface area (Å²) in [6.07, 6.45) is 0.894. The van der Waals surface area contributed by atoms with E-state index in [4.69, 9.17) is 9.47 Å². The Morgan fingerprint density at radius 1 is 0.927 bits per heavy atom. The first-order valence-corrected chi connectivity index (χ1v) is 14.5. The summed E-state index contributed by atoms with van der Waals surface area (Å²) in [5, 5.41) is 5.80. The first-order chi connectivity index (χ1) is 19.1. The second kappa shape index (κ2) is 14.9. The van der Waals surface area contributed by atoms with E-state index in [-0.39, 0.29) is 23.8 Å². The number of nitrogens with zero attached hydrogens (tertiary/aromatic N) is 1. The summed E-state index contributed by atoms with van der Waals surface area (Å²) >= 11 is 0. The summed E-state index contributed by atoms with van der Waals surface area (Å²) in [6.45, 7) is 17.3. The van der Waals surface area contributed by atoms with Crippen LogP contribution in [0.4, 0.5) is 10.5 Å². The van der Waals surface area contributed by atoms with E-state index in [1.54, 1.807) is 57.0 Å². The van der Waals surface area contributed by atoms with Gasteiger partial charge < -0.3 is 25.0 Å². The third-order valence-electron chi connectivity index (χ3n) is 6.74. The average molecular weight is 568 g/mol. The van der Waals surface area contributed by atoms with Crippen molar-refractivity contribution in [1.29, 1.82) is 0 Å². The highest BCUT2D eigenvalue weighted by Gasteiger charge is 2.40. The Morgan fingerprint density at radius 3 is 2.07 bits per heavy atom. The molecule has 0 heterocycles. The standard InChI is InChI=1S/C33H49N3O5/c1-21(2)14-15-24(6)36(31(38)28(22(3)4)35-32(39)41-33(7,8)9)29(25-13-11-12-23(5)20-25)30(37)34-26-16-18-27(40-10)19-17-26/h11-13,16-22,24,28-29H,14-15H2,1-10H3,(H,34,37)(H,35,39). The van der Waals surface area contributed by atoms with E-state index in [9.17, 15) is 14.4 Å². The lowest BCUT2D eigenvalue weighted by molar-refractivity contribution is -0.144. The number of methoxy groups -OCH3 is 1. The van der Waals surface area contributed by atoms with Crippen LogP contribution >= 0.6 is 0 Å². The predicted molar refractivity (Wildman–Crippen MR) is 164 cm³/mol. The highest BCUT2D eigenvalue weighted by atomic mass is 16.6. The lowest BCUT2D eigenvalue weighted by Crippen LogP contribution is -2.56. The van der Waals surface area contributed by atoms with Crippen LogP contribution in [0.1, 0.15) is 85.4 Å². The molecule has 2 aromatic carbocycles. The second-order valence-electron chi connectivity index (χ2n) is 12.5. The van der Waals surface area contributed by atoms with E-state index < -0.39 is 23.8 Å². The minimum absolute atomic E-state index is 0.252. The Hall–Kier alpha value is -3.55. The maximum atomic E-state index is 14.5. The van der Waals surface area contributed by atoms with Gasteiger partial charge in [-0.2, -0.15) is 0 Å². The van der Waals surface area contributed by atoms with Gasteiger partial charge >= 0.3 is 6.09 Å². The summed E-state index contributed by atoms with van der Waals surface area (Å²) in [5.41, 5.74) is 1.53. The fraction of sp³-hybridized carbons (Fsp3) is 0.545. The summed E-state index contributed by atoms with van der Waals surface area (Å²) in [5.74, 6) is 0.160. The summed E-state index contributed by atoms with van der Waals surface area (Å²) < 4.78 is 10.7. The van der Waals surface area contributed by atoms with Gasteiger partial charge in [-0.05, 0) is 89.1 Å². The molecule has 226 valence electrons. The molecular weight excluding hydrogens is 518 g/mol. The molecule has 0 saturated carbocycles. The summed E-state index contributed by atoms with van der Waals surface area (Å²) in [4.78, 5) is 43.0. The minimum Gasteiger partial charge on any atom is -0.497 e. The van der Waals surface area contributed by atoms with Gasteiger partial charge in [-0.1, -0.05) is 57.5 Å². The van der Waals surface area contributed by atoms with Crippen molar-refractivity contribution in [3.63, 3.8) is 0 Å². The molecule has 0 spiro atoms. The monoisotopic (exact) mass is 567 g/mol. The smallest absolute Gasteiger partial charge is 0.408 e. The van der Waals surface area contributed by atoms with E-state index >= 15 is 0 Å². The van der Waals surface area contributed by atoms with E-state index in [0.29, 0.717) is 29.3 Å². The van der Waals surface area contributed by atoms with Gasteiger partial charge in [-0.25, -0.2) is 4.79 Å². The highest BCUT2D eigenvalue weighted by Crippen LogP contribution is 2.30. The van der Waals surface area contributed by atoms with Gasteiger partial charge in [0.15, 0.2) is 0 Å². The highest BCUT2D eigenvalue weighted by molar-refractivity contribution is 5.99. The summed E-state index contributed by atoms with van der Waals surface area (Å²) in [6, 6.07) is 12.6. The number of amides is 3. The molecule has 0 radical (unpaired) electrons. The van der Waals surface area contributed by atoms with E-state index in [1.807, 2.05) is 52.0 Å². The molecule has 3 unspecified atom stereocenters. The van der Waals surface area contributed by atoms with Crippen molar-refractivity contribution in [2.24, 2.45) is 11.8 Å². The normalized spacial score (nSPS) is 13.8. The number of hydrogen-bond donors (Lipinski definition) is 2. The summed E-state index contributed by atoms with van der Waals surface area (Å²) in [7, 11) is 1.58. The Bertz CT molecular complexity index is 1150. The van der Waals surface area contributed by atoms with Crippen LogP contribution in [0.15, 0.2) is 48.5 Å². The lowest BCUT2D eigenvalue weighted by atomic mass is 9.94. The van der Waals surface area contributed by atoms with Crippen molar-refractivity contribution in [2.45, 2.75) is 98.9 Å². The number of aryl methyl sites for hydroxylation is 1. The van der Waals surface area contributed by atoms with Gasteiger partial charge in [0.2, 0.25) is 5.91 Å². The number of hydrogen-bond acceptors (Lipinski definition) is 5. The van der Waals surface area contributed by atoms with Crippen LogP contribution in [0.3, 0.4) is 0 Å². The topological polar surface area (TPSA) is 97.0 Å². The predicted octanol–water partition coefficient (Wildman–Crippen LogP) is 6.89. The molecule has 2 N–H and O–H groups in total. The number of carbonyl (C=O) groups excluding carboxylic acids is 3. The maximum Gasteiger partial charge on any atom is 0.408 e. The number of alkyl carbamates (subject to hydrolysis) is 1. The van der Waals surface area contributed by atoms with E-state index in [1.165, 1.54) is 0 Å². The molecule has 3 amide bonds. The molecule has 3 atom stereocenters. The number of carbonyl (C=O) groups is 3. The molecule has 0 aromatic heterocycles. The fourth-order valence-corrected chi connectivity index (χ4v) is 4.58. The number of nitrogens with one attached hydrogen (secondary N) is 2. The van der Waals surface area contributed by atoms with E-state index in [2.05, 4.69) is 24.5 Å². The third-order valence-corrected chi connectivity index (χ3v) is 6.74. The quantitative estimate of drug-likeness (QED) is 0.291. The molecule has 8 heteroatoms. The van der Waals surface area contributed by atoms with E-state index in [0.717, 1.165) is 12.0 Å². The van der Waals surface area contributed by atoms with Crippen LogP contribution in [0.5, 0.6) is 5.75 Å². The SMILES string of the molecule is COc1ccc(NC(=O)C(c2cccc(C)c2)N(C(=O)C(NC(=O)OC(C)(C)C)C(C)C)C(C)CCC(C)C)cc1. The molecule has 2 rings (SSSR count). The van der Waals surface area contributed by atoms with Crippen molar-refractivity contribution in [3.05, 3.63) is 59.7 Å². The minimum atomic E-state index is -0.937. The van der Waals surface area contributed by atoms with Crippen molar-refractivity contribution in [1.82, 2.24) is 10.2 Å². The molecular formula is C33H49N3O5. The molecule has 0 bridgehead atoms. The van der Waals surface area contributed by atoms with Gasteiger partial charge in [0.1, 0.15) is 23.4 Å². The second-order valence-corrected chi connectivity index (χ2v) is 12.5. The maximum absolute atomic E-state index is 14.5. The van der Waals surface area contributed by atoms with Crippen LogP contribution in [-0.4, -0.2) is 47.6 Å². The molecule has 41 heavy (non-hydrogen) atoms. The third kappa shape index (κ3) is 10.4. The lowest BCUT2D eigenvalue weighted by Gasteiger charge is -2.39. The van der Waals surface area contributed by atoms with Gasteiger partial charge in [-0.15, -0.1) is 0 Å². The molecule has 0 fully saturated rings. The molecule has 2 aromatic rings. The van der Waals surface area contributed by atoms with Gasteiger partial charge in [-0.3, -0.25) is 9.59 Å². The van der Waals surface area contributed by atoms with Gasteiger partial charge in [0.25, 0.3) is 5.91 Å². The van der Waals surface area contributed by atoms with Gasteiger partial charge in [0.05, 0.1) is 7.11 Å². The molecule has 0 aliphatic rings.